The molecule has 6 nitrogen and oxygen atoms in total. The standard InChI is InChI=1S/C22H37N3O3/c1-18-6-3-4-8-21(18)24-22(23-11-9-20-7-5-13-28-20)25-12-10-19(16-25)17-27-15-14-26-2/h5,7,13,18-19,21H,3-4,6,8-12,14-17H2,1-2H3,(H,23,24). The number of nitrogens with one attached hydrogen (secondary N) is 1. The number of furan rings is 1. The molecule has 1 saturated carbocycles. The summed E-state index contributed by atoms with van der Waals surface area (Å²) < 4.78 is 16.3. The van der Waals surface area contributed by atoms with Crippen molar-refractivity contribution in [2.75, 3.05) is 46.6 Å². The molecule has 0 amide bonds. The minimum absolute atomic E-state index is 0.535. The zero-order valence-electron chi connectivity index (χ0n) is 17.6. The molecule has 1 aromatic heterocycles. The molecular weight excluding hydrogens is 354 g/mol. The van der Waals surface area contributed by atoms with Crippen molar-refractivity contribution in [2.45, 2.75) is 51.5 Å². The van der Waals surface area contributed by atoms with E-state index in [2.05, 4.69) is 17.1 Å². The minimum atomic E-state index is 0.535. The van der Waals surface area contributed by atoms with Gasteiger partial charge in [-0.15, -0.1) is 0 Å². The molecule has 1 aliphatic heterocycles. The Kier molecular flexibility index (Phi) is 8.68. The summed E-state index contributed by atoms with van der Waals surface area (Å²) in [5.74, 6) is 3.35. The second-order valence-corrected chi connectivity index (χ2v) is 8.22. The van der Waals surface area contributed by atoms with Crippen LogP contribution < -0.4 is 5.32 Å². The van der Waals surface area contributed by atoms with Gasteiger partial charge in [0.25, 0.3) is 0 Å². The maximum atomic E-state index is 5.76. The molecule has 3 atom stereocenters. The Morgan fingerprint density at radius 3 is 2.96 bits per heavy atom. The lowest BCUT2D eigenvalue weighted by molar-refractivity contribution is 0.0536. The van der Waals surface area contributed by atoms with Crippen molar-refractivity contribution in [3.8, 4) is 0 Å². The lowest BCUT2D eigenvalue weighted by atomic mass is 9.86. The lowest BCUT2D eigenvalue weighted by Gasteiger charge is -2.33. The number of guanidine groups is 1. The average molecular weight is 392 g/mol. The quantitative estimate of drug-likeness (QED) is 0.397. The number of ether oxygens (including phenoxy) is 2. The summed E-state index contributed by atoms with van der Waals surface area (Å²) in [6.07, 6.45) is 8.97. The molecule has 3 unspecified atom stereocenters. The van der Waals surface area contributed by atoms with Crippen LogP contribution in [0.25, 0.3) is 0 Å². The zero-order chi connectivity index (χ0) is 19.6. The first-order valence-corrected chi connectivity index (χ1v) is 10.9. The molecule has 1 aromatic rings. The van der Waals surface area contributed by atoms with E-state index in [-0.39, 0.29) is 0 Å². The van der Waals surface area contributed by atoms with E-state index in [9.17, 15) is 0 Å². The van der Waals surface area contributed by atoms with Crippen molar-refractivity contribution in [3.63, 3.8) is 0 Å². The number of nitrogens with zero attached hydrogens (tertiary/aromatic N) is 2. The molecule has 2 heterocycles. The van der Waals surface area contributed by atoms with Gasteiger partial charge in [0.2, 0.25) is 0 Å². The van der Waals surface area contributed by atoms with Crippen LogP contribution in [0, 0.1) is 11.8 Å². The normalized spacial score (nSPS) is 26.0. The number of rotatable bonds is 9. The summed E-state index contributed by atoms with van der Waals surface area (Å²) in [4.78, 5) is 7.39. The molecule has 0 aromatic carbocycles. The highest BCUT2D eigenvalue weighted by Gasteiger charge is 2.28. The van der Waals surface area contributed by atoms with E-state index in [1.165, 1.54) is 25.7 Å². The third kappa shape index (κ3) is 6.52. The third-order valence-electron chi connectivity index (χ3n) is 6.00. The molecule has 1 saturated heterocycles. The fourth-order valence-electron chi connectivity index (χ4n) is 4.21. The van der Waals surface area contributed by atoms with E-state index >= 15 is 0 Å². The second-order valence-electron chi connectivity index (χ2n) is 8.22. The largest absolute Gasteiger partial charge is 0.469 e. The SMILES string of the molecule is COCCOCC1CCN(C(=NCCc2ccco2)NC2CCCCC2C)C1. The number of hydrogen-bond acceptors (Lipinski definition) is 4. The van der Waals surface area contributed by atoms with E-state index in [0.29, 0.717) is 31.1 Å². The van der Waals surface area contributed by atoms with Crippen LogP contribution in [0.5, 0.6) is 0 Å². The van der Waals surface area contributed by atoms with Crippen LogP contribution in [0.3, 0.4) is 0 Å². The van der Waals surface area contributed by atoms with Crippen molar-refractivity contribution in [3.05, 3.63) is 24.2 Å². The molecule has 28 heavy (non-hydrogen) atoms. The van der Waals surface area contributed by atoms with Crippen LogP contribution in [0.1, 0.15) is 44.8 Å². The first kappa shape index (κ1) is 21.2. The van der Waals surface area contributed by atoms with Crippen LogP contribution >= 0.6 is 0 Å². The van der Waals surface area contributed by atoms with Gasteiger partial charge in [-0.25, -0.2) is 0 Å². The van der Waals surface area contributed by atoms with Crippen molar-refractivity contribution in [1.29, 1.82) is 0 Å². The van der Waals surface area contributed by atoms with Gasteiger partial charge in [-0.2, -0.15) is 0 Å². The summed E-state index contributed by atoms with van der Waals surface area (Å²) in [5, 5.41) is 3.81. The summed E-state index contributed by atoms with van der Waals surface area (Å²) >= 11 is 0. The molecule has 0 bridgehead atoms. The van der Waals surface area contributed by atoms with Gasteiger partial charge in [-0.3, -0.25) is 4.99 Å². The van der Waals surface area contributed by atoms with Gasteiger partial charge in [0, 0.05) is 45.1 Å². The number of hydrogen-bond donors (Lipinski definition) is 1. The maximum absolute atomic E-state index is 5.76. The third-order valence-corrected chi connectivity index (χ3v) is 6.00. The number of likely N-dealkylation sites (tertiary alicyclic amines) is 1. The molecule has 0 spiro atoms. The van der Waals surface area contributed by atoms with Crippen molar-refractivity contribution in [1.82, 2.24) is 10.2 Å². The predicted octanol–water partition coefficient (Wildman–Crippen LogP) is 3.33. The first-order chi connectivity index (χ1) is 13.8. The van der Waals surface area contributed by atoms with Gasteiger partial charge < -0.3 is 24.1 Å². The molecule has 2 aliphatic rings. The van der Waals surface area contributed by atoms with Gasteiger partial charge in [0.1, 0.15) is 5.76 Å². The summed E-state index contributed by atoms with van der Waals surface area (Å²) in [7, 11) is 1.71. The fourth-order valence-corrected chi connectivity index (χ4v) is 4.21. The van der Waals surface area contributed by atoms with Gasteiger partial charge in [0.05, 0.1) is 26.1 Å². The monoisotopic (exact) mass is 391 g/mol. The first-order valence-electron chi connectivity index (χ1n) is 10.9. The van der Waals surface area contributed by atoms with E-state index < -0.39 is 0 Å². The molecule has 158 valence electrons. The zero-order valence-corrected chi connectivity index (χ0v) is 17.6. The molecule has 0 radical (unpaired) electrons. The lowest BCUT2D eigenvalue weighted by Crippen LogP contribution is -2.48. The Labute approximate surface area is 169 Å². The van der Waals surface area contributed by atoms with E-state index in [1.807, 2.05) is 12.1 Å². The highest BCUT2D eigenvalue weighted by atomic mass is 16.5. The van der Waals surface area contributed by atoms with Crippen LogP contribution in [0.2, 0.25) is 0 Å². The van der Waals surface area contributed by atoms with Crippen molar-refractivity contribution in [2.24, 2.45) is 16.8 Å². The molecular formula is C22H37N3O3. The van der Waals surface area contributed by atoms with Crippen molar-refractivity contribution >= 4 is 5.96 Å². The van der Waals surface area contributed by atoms with E-state index in [0.717, 1.165) is 50.8 Å². The predicted molar refractivity (Wildman–Crippen MR) is 112 cm³/mol. The van der Waals surface area contributed by atoms with Gasteiger partial charge >= 0.3 is 0 Å². The Bertz CT molecular complexity index is 576. The Hall–Kier alpha value is -1.53. The summed E-state index contributed by atoms with van der Waals surface area (Å²) in [6.45, 7) is 7.33. The highest BCUT2D eigenvalue weighted by molar-refractivity contribution is 5.80. The van der Waals surface area contributed by atoms with E-state index in [4.69, 9.17) is 18.9 Å². The second kappa shape index (κ2) is 11.5. The van der Waals surface area contributed by atoms with Gasteiger partial charge in [-0.1, -0.05) is 19.8 Å². The molecule has 3 rings (SSSR count). The van der Waals surface area contributed by atoms with Gasteiger partial charge in [0.15, 0.2) is 5.96 Å². The van der Waals surface area contributed by atoms with Gasteiger partial charge in [-0.05, 0) is 37.3 Å². The Balaban J connectivity index is 1.55. The number of aliphatic imine (C=N–C) groups is 1. The smallest absolute Gasteiger partial charge is 0.194 e. The van der Waals surface area contributed by atoms with Crippen LogP contribution in [-0.2, 0) is 15.9 Å². The maximum Gasteiger partial charge on any atom is 0.194 e. The fraction of sp³-hybridized carbons (Fsp3) is 0.773. The topological polar surface area (TPSA) is 59.2 Å². The summed E-state index contributed by atoms with van der Waals surface area (Å²) in [6, 6.07) is 4.50. The van der Waals surface area contributed by atoms with Crippen LogP contribution in [0.15, 0.2) is 27.8 Å². The summed E-state index contributed by atoms with van der Waals surface area (Å²) in [5.41, 5.74) is 0. The molecule has 1 aliphatic carbocycles. The Morgan fingerprint density at radius 1 is 1.29 bits per heavy atom. The highest BCUT2D eigenvalue weighted by Crippen LogP contribution is 2.25. The van der Waals surface area contributed by atoms with E-state index in [1.54, 1.807) is 13.4 Å². The Morgan fingerprint density at radius 2 is 2.18 bits per heavy atom. The molecule has 6 heteroatoms. The minimum Gasteiger partial charge on any atom is -0.469 e. The van der Waals surface area contributed by atoms with Crippen molar-refractivity contribution < 1.29 is 13.9 Å². The van der Waals surface area contributed by atoms with Crippen LogP contribution in [-0.4, -0.2) is 63.5 Å². The molecule has 2 fully saturated rings. The number of methoxy groups -OCH3 is 1. The van der Waals surface area contributed by atoms with Crippen LogP contribution in [0.4, 0.5) is 0 Å². The average Bonchev–Trinajstić information content (AvgIpc) is 3.38. The molecule has 1 N–H and O–H groups in total.